The third-order valence-corrected chi connectivity index (χ3v) is 1.79. The van der Waals surface area contributed by atoms with Gasteiger partial charge in [-0.15, -0.1) is 0 Å². The summed E-state index contributed by atoms with van der Waals surface area (Å²) in [7, 11) is 0. The molecule has 1 rings (SSSR count). The first-order chi connectivity index (χ1) is 5.13. The smallest absolute Gasteiger partial charge is 0.334 e. The molecule has 3 heteroatoms. The normalized spacial score (nSPS) is 9.55. The number of hydrogen-bond donors (Lipinski definition) is 1. The molecule has 0 amide bonds. The second-order valence-electron chi connectivity index (χ2n) is 2.25. The van der Waals surface area contributed by atoms with Crippen LogP contribution in [0.3, 0.4) is 0 Å². The fraction of sp³-hybridized carbons (Fsp3) is 0.125. The van der Waals surface area contributed by atoms with Gasteiger partial charge in [0.2, 0.25) is 0 Å². The van der Waals surface area contributed by atoms with Crippen LogP contribution in [0, 0.1) is 6.92 Å². The van der Waals surface area contributed by atoms with E-state index in [0.29, 0.717) is 10.5 Å². The largest absolute Gasteiger partial charge is 0.779 e. The van der Waals surface area contributed by atoms with Gasteiger partial charge in [0.1, 0.15) is 0 Å². The third-order valence-electron chi connectivity index (χ3n) is 1.45. The second-order valence-corrected chi connectivity index (χ2v) is 2.69. The Balaban J connectivity index is 3.32. The summed E-state index contributed by atoms with van der Waals surface area (Å²) < 4.78 is 0. The van der Waals surface area contributed by atoms with Gasteiger partial charge in [-0.1, -0.05) is 18.2 Å². The third kappa shape index (κ3) is 1.49. The van der Waals surface area contributed by atoms with Crippen molar-refractivity contribution in [2.45, 2.75) is 11.8 Å². The van der Waals surface area contributed by atoms with Gasteiger partial charge in [0.15, 0.2) is 0 Å². The average Bonchev–Trinajstić information content (AvgIpc) is 1.85. The molecule has 1 N–H and O–H groups in total. The van der Waals surface area contributed by atoms with Gasteiger partial charge in [0.05, 0.1) is 0 Å². The molecule has 0 aliphatic heterocycles. The zero-order valence-electron chi connectivity index (χ0n) is 6.00. The maximum Gasteiger partial charge on any atom is 0.334 e. The summed E-state index contributed by atoms with van der Waals surface area (Å²) in [5.74, 6) is -0.951. The van der Waals surface area contributed by atoms with Gasteiger partial charge in [0.25, 0.3) is 0 Å². The molecule has 1 aromatic rings. The molecule has 0 fully saturated rings. The molecule has 58 valence electrons. The van der Waals surface area contributed by atoms with Crippen LogP contribution in [-0.4, -0.2) is 11.1 Å². The summed E-state index contributed by atoms with van der Waals surface area (Å²) in [5, 5.41) is 8.68. The molecule has 11 heavy (non-hydrogen) atoms. The van der Waals surface area contributed by atoms with Gasteiger partial charge >= 0.3 is 5.97 Å². The molecule has 0 unspecified atom stereocenters. The Morgan fingerprint density at radius 3 is 2.55 bits per heavy atom. The van der Waals surface area contributed by atoms with Crippen LogP contribution in [0.5, 0.6) is 0 Å². The van der Waals surface area contributed by atoms with Gasteiger partial charge in [-0.05, 0) is 12.5 Å². The van der Waals surface area contributed by atoms with Crippen molar-refractivity contribution in [2.75, 3.05) is 0 Å². The van der Waals surface area contributed by atoms with Crippen LogP contribution in [0.15, 0.2) is 23.1 Å². The zero-order chi connectivity index (χ0) is 8.43. The highest BCUT2D eigenvalue weighted by molar-refractivity contribution is 7.58. The fourth-order valence-corrected chi connectivity index (χ4v) is 1.24. The van der Waals surface area contributed by atoms with Crippen molar-refractivity contribution >= 4 is 18.6 Å². The van der Waals surface area contributed by atoms with Gasteiger partial charge in [-0.2, -0.15) is 4.90 Å². The summed E-state index contributed by atoms with van der Waals surface area (Å²) in [5.41, 5.74) is 0.951. The van der Waals surface area contributed by atoms with E-state index in [4.69, 9.17) is 17.7 Å². The van der Waals surface area contributed by atoms with Crippen LogP contribution < -0.4 is 0 Å². The molecule has 0 saturated carbocycles. The highest BCUT2D eigenvalue weighted by Crippen LogP contribution is 2.12. The average molecular weight is 167 g/mol. The number of hydrogen-bond acceptors (Lipinski definition) is 2. The Morgan fingerprint density at radius 1 is 1.55 bits per heavy atom. The predicted octanol–water partition coefficient (Wildman–Crippen LogP) is 1.60. The van der Waals surface area contributed by atoms with Crippen molar-refractivity contribution in [1.82, 2.24) is 0 Å². The lowest BCUT2D eigenvalue weighted by atomic mass is 10.1. The number of aryl methyl sites for hydroxylation is 1. The molecule has 0 spiro atoms. The molecule has 0 bridgehead atoms. The maximum absolute atomic E-state index is 10.6. The van der Waals surface area contributed by atoms with E-state index < -0.39 is 5.97 Å². The van der Waals surface area contributed by atoms with E-state index in [1.165, 1.54) is 0 Å². The van der Waals surface area contributed by atoms with Crippen LogP contribution in [0.25, 0.3) is 0 Å². The Morgan fingerprint density at radius 2 is 2.18 bits per heavy atom. The van der Waals surface area contributed by atoms with Crippen molar-refractivity contribution in [2.24, 2.45) is 0 Å². The fourth-order valence-electron chi connectivity index (χ4n) is 0.915. The molecule has 0 radical (unpaired) electrons. The van der Waals surface area contributed by atoms with Crippen molar-refractivity contribution in [1.29, 1.82) is 0 Å². The first kappa shape index (κ1) is 8.01. The lowest BCUT2D eigenvalue weighted by molar-refractivity contribution is 0.0692. The molecule has 0 aliphatic carbocycles. The van der Waals surface area contributed by atoms with Gasteiger partial charge in [-0.3, -0.25) is 0 Å². The number of benzene rings is 1. The molecular weight excluding hydrogens is 160 g/mol. The number of carboxylic acids is 1. The lowest BCUT2D eigenvalue weighted by Gasteiger charge is -2.11. The second kappa shape index (κ2) is 2.88. The molecule has 0 aliphatic rings. The van der Waals surface area contributed by atoms with Crippen molar-refractivity contribution < 1.29 is 9.90 Å². The molecule has 0 aromatic heterocycles. The summed E-state index contributed by atoms with van der Waals surface area (Å²) in [6, 6.07) is 5.11. The topological polar surface area (TPSA) is 37.3 Å². The van der Waals surface area contributed by atoms with Crippen molar-refractivity contribution in [3.05, 3.63) is 29.3 Å². The quantitative estimate of drug-likeness (QED) is 0.645. The van der Waals surface area contributed by atoms with Crippen molar-refractivity contribution in [3.63, 3.8) is 0 Å². The lowest BCUT2D eigenvalue weighted by Crippen LogP contribution is -2.01. The van der Waals surface area contributed by atoms with E-state index in [9.17, 15) is 4.79 Å². The summed E-state index contributed by atoms with van der Waals surface area (Å²) in [4.78, 5) is 11.0. The number of carbonyl (C=O) groups is 1. The minimum atomic E-state index is -0.951. The van der Waals surface area contributed by atoms with Crippen LogP contribution in [-0.2, 0) is 12.6 Å². The first-order valence-electron chi connectivity index (χ1n) is 3.13. The van der Waals surface area contributed by atoms with E-state index >= 15 is 0 Å². The van der Waals surface area contributed by atoms with E-state index in [1.807, 2.05) is 0 Å². The van der Waals surface area contributed by atoms with E-state index in [2.05, 4.69) is 0 Å². The molecule has 0 saturated heterocycles. The molecule has 1 aromatic carbocycles. The molecule has 2 nitrogen and oxygen atoms in total. The SMILES string of the molecule is Cc1cccc([S-])c1C(=O)O. The van der Waals surface area contributed by atoms with E-state index in [0.717, 1.165) is 0 Å². The summed E-state index contributed by atoms with van der Waals surface area (Å²) >= 11 is 4.83. The van der Waals surface area contributed by atoms with Crippen LogP contribution in [0.2, 0.25) is 0 Å². The highest BCUT2D eigenvalue weighted by atomic mass is 32.1. The van der Waals surface area contributed by atoms with Crippen LogP contribution >= 0.6 is 0 Å². The van der Waals surface area contributed by atoms with Crippen LogP contribution in [0.1, 0.15) is 15.9 Å². The van der Waals surface area contributed by atoms with Gasteiger partial charge in [0, 0.05) is 5.56 Å². The molecular formula is C8H7O2S-. The minimum Gasteiger partial charge on any atom is -0.779 e. The van der Waals surface area contributed by atoms with Gasteiger partial charge in [-0.25, -0.2) is 4.79 Å². The van der Waals surface area contributed by atoms with Gasteiger partial charge < -0.3 is 17.7 Å². The van der Waals surface area contributed by atoms with E-state index in [1.54, 1.807) is 25.1 Å². The summed E-state index contributed by atoms with van der Waals surface area (Å²) in [6.07, 6.45) is 0. The number of aromatic carboxylic acids is 1. The highest BCUT2D eigenvalue weighted by Gasteiger charge is 2.04. The number of rotatable bonds is 1. The Labute approximate surface area is 70.3 Å². The predicted molar refractivity (Wildman–Crippen MR) is 43.8 cm³/mol. The number of carboxylic acid groups (broad SMARTS) is 1. The van der Waals surface area contributed by atoms with Crippen LogP contribution in [0.4, 0.5) is 0 Å². The Bertz CT molecular complexity index is 274. The first-order valence-corrected chi connectivity index (χ1v) is 3.53. The minimum absolute atomic E-state index is 0.238. The Hall–Kier alpha value is -1.09. The molecule has 0 atom stereocenters. The van der Waals surface area contributed by atoms with Crippen molar-refractivity contribution in [3.8, 4) is 0 Å². The summed E-state index contributed by atoms with van der Waals surface area (Å²) in [6.45, 7) is 1.74. The zero-order valence-corrected chi connectivity index (χ0v) is 6.81. The van der Waals surface area contributed by atoms with E-state index in [-0.39, 0.29) is 5.56 Å². The monoisotopic (exact) mass is 167 g/mol. The Kier molecular flexibility index (Phi) is 2.10. The standard InChI is InChI=1S/C8H8O2S/c1-5-3-2-4-6(11)7(5)8(9)10/h2-4,11H,1H3,(H,9,10)/p-1. The maximum atomic E-state index is 10.6. The molecule has 0 heterocycles.